The number of Topliss-reactive ketones (excluding diaryl/α,β-unsaturated/α-hetero) is 2. The number of anilines is 1. The molecule has 0 radical (unpaired) electrons. The molecular formula is C35H50N2O6. The van der Waals surface area contributed by atoms with Crippen molar-refractivity contribution in [2.24, 2.45) is 11.8 Å². The number of carbonyl (C=O) groups is 4. The van der Waals surface area contributed by atoms with E-state index in [1.807, 2.05) is 27.7 Å². The zero-order chi connectivity index (χ0) is 33.1. The van der Waals surface area contributed by atoms with Crippen molar-refractivity contribution in [3.8, 4) is 0 Å². The molecule has 0 fully saturated rings. The molecule has 3 rings (SSSR count). The van der Waals surface area contributed by atoms with Crippen LogP contribution in [0.15, 0.2) is 54.6 Å². The van der Waals surface area contributed by atoms with Crippen LogP contribution in [-0.4, -0.2) is 56.6 Å². The van der Waals surface area contributed by atoms with Crippen molar-refractivity contribution in [1.82, 2.24) is 4.90 Å². The number of benzene rings is 2. The molecule has 8 nitrogen and oxygen atoms in total. The van der Waals surface area contributed by atoms with Crippen molar-refractivity contribution in [2.75, 3.05) is 11.9 Å². The van der Waals surface area contributed by atoms with Gasteiger partial charge in [-0.15, -0.1) is 0 Å². The molecule has 2 amide bonds. The lowest BCUT2D eigenvalue weighted by molar-refractivity contribution is -0.162. The fraction of sp³-hybridized carbons (Fsp3) is 0.543. The highest BCUT2D eigenvalue weighted by atomic mass is 16.3. The predicted octanol–water partition coefficient (Wildman–Crippen LogP) is 5.38. The Morgan fingerprint density at radius 3 is 1.88 bits per heavy atom. The van der Waals surface area contributed by atoms with Gasteiger partial charge in [-0.2, -0.15) is 0 Å². The van der Waals surface area contributed by atoms with Crippen LogP contribution in [0, 0.1) is 11.8 Å². The largest absolute Gasteiger partial charge is 0.375 e. The van der Waals surface area contributed by atoms with Crippen LogP contribution in [0.25, 0.3) is 0 Å². The SMILES string of the molecule is CC.CC(=O)C(C)CC(O)(C(=O)N(C)C(C)(C)C(C)(C)N1C(=O)C(O)(CC(C)C(C)=O)c2ccccc21)c1ccccc1. The highest BCUT2D eigenvalue weighted by Gasteiger charge is 2.59. The van der Waals surface area contributed by atoms with Gasteiger partial charge < -0.3 is 20.0 Å². The third-order valence-electron chi connectivity index (χ3n) is 9.54. The fourth-order valence-corrected chi connectivity index (χ4v) is 5.61. The zero-order valence-electron chi connectivity index (χ0n) is 27.7. The summed E-state index contributed by atoms with van der Waals surface area (Å²) in [6.07, 6.45) is -0.184. The van der Waals surface area contributed by atoms with Gasteiger partial charge >= 0.3 is 0 Å². The summed E-state index contributed by atoms with van der Waals surface area (Å²) in [5.74, 6) is -2.61. The average Bonchev–Trinajstić information content (AvgIpc) is 3.19. The summed E-state index contributed by atoms with van der Waals surface area (Å²) in [5, 5.41) is 23.8. The Morgan fingerprint density at radius 2 is 1.37 bits per heavy atom. The Labute approximate surface area is 257 Å². The lowest BCUT2D eigenvalue weighted by Gasteiger charge is -2.53. The molecule has 8 heteroatoms. The number of fused-ring (bicyclic) bond motifs is 1. The molecule has 2 aromatic carbocycles. The Balaban J connectivity index is 0.00000316. The van der Waals surface area contributed by atoms with Crippen molar-refractivity contribution in [1.29, 1.82) is 0 Å². The monoisotopic (exact) mass is 594 g/mol. The van der Waals surface area contributed by atoms with Crippen LogP contribution in [0.5, 0.6) is 0 Å². The van der Waals surface area contributed by atoms with Gasteiger partial charge in [0.15, 0.2) is 11.2 Å². The lowest BCUT2D eigenvalue weighted by atomic mass is 9.76. The van der Waals surface area contributed by atoms with Gasteiger partial charge in [-0.1, -0.05) is 76.2 Å². The number of amides is 2. The first-order chi connectivity index (χ1) is 19.8. The van der Waals surface area contributed by atoms with Crippen LogP contribution in [-0.2, 0) is 30.4 Å². The maximum absolute atomic E-state index is 14.3. The molecular weight excluding hydrogens is 544 g/mol. The molecule has 0 aliphatic carbocycles. The third kappa shape index (κ3) is 6.31. The second-order valence-corrected chi connectivity index (χ2v) is 12.7. The van der Waals surface area contributed by atoms with Crippen molar-refractivity contribution in [2.45, 2.75) is 104 Å². The van der Waals surface area contributed by atoms with E-state index in [0.29, 0.717) is 16.8 Å². The Morgan fingerprint density at radius 1 is 0.884 bits per heavy atom. The Kier molecular flexibility index (Phi) is 10.9. The van der Waals surface area contributed by atoms with Crippen LogP contribution in [0.1, 0.15) is 93.2 Å². The normalized spacial score (nSPS) is 19.4. The molecule has 0 saturated carbocycles. The fourth-order valence-electron chi connectivity index (χ4n) is 5.61. The second kappa shape index (κ2) is 13.1. The number of hydrogen-bond acceptors (Lipinski definition) is 6. The molecule has 4 atom stereocenters. The van der Waals surface area contributed by atoms with Gasteiger partial charge in [0.2, 0.25) is 0 Å². The van der Waals surface area contributed by atoms with E-state index in [1.54, 1.807) is 89.3 Å². The zero-order valence-corrected chi connectivity index (χ0v) is 27.7. The quantitative estimate of drug-likeness (QED) is 0.361. The van der Waals surface area contributed by atoms with Gasteiger partial charge in [0.25, 0.3) is 11.8 Å². The number of likely N-dealkylation sites (N-methyl/N-ethyl adjacent to an activating group) is 1. The van der Waals surface area contributed by atoms with Gasteiger partial charge in [0, 0.05) is 24.4 Å². The minimum atomic E-state index is -2.00. The van der Waals surface area contributed by atoms with Gasteiger partial charge in [-0.3, -0.25) is 19.2 Å². The summed E-state index contributed by atoms with van der Waals surface area (Å²) < 4.78 is 0. The van der Waals surface area contributed by atoms with E-state index in [9.17, 15) is 29.4 Å². The number of rotatable bonds is 11. The number of carbonyl (C=O) groups excluding carboxylic acids is 4. The maximum atomic E-state index is 14.3. The van der Waals surface area contributed by atoms with E-state index in [1.165, 1.54) is 23.6 Å². The topological polar surface area (TPSA) is 115 Å². The number of nitrogens with zero attached hydrogens (tertiary/aromatic N) is 2. The molecule has 0 spiro atoms. The third-order valence-corrected chi connectivity index (χ3v) is 9.54. The van der Waals surface area contributed by atoms with Crippen molar-refractivity contribution >= 4 is 29.1 Å². The first-order valence-electron chi connectivity index (χ1n) is 15.1. The summed E-state index contributed by atoms with van der Waals surface area (Å²) in [6.45, 7) is 17.5. The minimum absolute atomic E-state index is 0.0728. The standard InChI is InChI=1S/C33H44N2O6.C2H6/c1-21(23(3)36)19-32(40,25-15-11-10-12-16-25)28(38)34(9)30(5,6)31(7,8)35-27-18-14-13-17-26(27)33(41,29(35)39)20-22(2)24(4)37;1-2/h10-18,21-22,40-41H,19-20H2,1-9H3;1-2H3. The molecule has 2 aromatic rings. The van der Waals surface area contributed by atoms with Crippen molar-refractivity contribution < 1.29 is 29.4 Å². The molecule has 0 saturated heterocycles. The molecule has 0 bridgehead atoms. The highest BCUT2D eigenvalue weighted by Crippen LogP contribution is 2.50. The Hall–Kier alpha value is -3.36. The average molecular weight is 595 g/mol. The molecule has 1 aliphatic heterocycles. The van der Waals surface area contributed by atoms with Crippen molar-refractivity contribution in [3.05, 3.63) is 65.7 Å². The van der Waals surface area contributed by atoms with E-state index < -0.39 is 45.9 Å². The summed E-state index contributed by atoms with van der Waals surface area (Å²) in [5.41, 5.74) is -4.86. The number of hydrogen-bond donors (Lipinski definition) is 2. The predicted molar refractivity (Wildman–Crippen MR) is 169 cm³/mol. The van der Waals surface area contributed by atoms with Gasteiger partial charge in [0.05, 0.1) is 16.8 Å². The van der Waals surface area contributed by atoms with Gasteiger partial charge in [0.1, 0.15) is 11.6 Å². The Bertz CT molecular complexity index is 1340. The first kappa shape index (κ1) is 35.8. The molecule has 0 aromatic heterocycles. The van der Waals surface area contributed by atoms with Crippen LogP contribution in [0.2, 0.25) is 0 Å². The smallest absolute Gasteiger partial charge is 0.264 e. The minimum Gasteiger partial charge on any atom is -0.375 e. The highest BCUT2D eigenvalue weighted by molar-refractivity contribution is 6.08. The molecule has 1 aliphatic rings. The molecule has 1 heterocycles. The van der Waals surface area contributed by atoms with E-state index in [4.69, 9.17) is 0 Å². The number of aliphatic hydroxyl groups is 2. The van der Waals surface area contributed by atoms with Crippen molar-refractivity contribution in [3.63, 3.8) is 0 Å². The van der Waals surface area contributed by atoms with Crippen LogP contribution >= 0.6 is 0 Å². The number of ketones is 2. The van der Waals surface area contributed by atoms with Crippen LogP contribution < -0.4 is 4.90 Å². The van der Waals surface area contributed by atoms with E-state index in [2.05, 4.69) is 0 Å². The van der Waals surface area contributed by atoms with E-state index >= 15 is 0 Å². The van der Waals surface area contributed by atoms with Crippen LogP contribution in [0.3, 0.4) is 0 Å². The first-order valence-corrected chi connectivity index (χ1v) is 15.1. The van der Waals surface area contributed by atoms with E-state index in [-0.39, 0.29) is 24.4 Å². The molecule has 43 heavy (non-hydrogen) atoms. The number of para-hydroxylation sites is 1. The summed E-state index contributed by atoms with van der Waals surface area (Å²) in [7, 11) is 1.58. The van der Waals surface area contributed by atoms with Crippen LogP contribution in [0.4, 0.5) is 5.69 Å². The second-order valence-electron chi connectivity index (χ2n) is 12.7. The van der Waals surface area contributed by atoms with E-state index in [0.717, 1.165) is 0 Å². The molecule has 4 unspecified atom stereocenters. The summed E-state index contributed by atoms with van der Waals surface area (Å²) in [6, 6.07) is 15.5. The van der Waals surface area contributed by atoms with Gasteiger partial charge in [-0.25, -0.2) is 0 Å². The maximum Gasteiger partial charge on any atom is 0.264 e. The molecule has 2 N–H and O–H groups in total. The van der Waals surface area contributed by atoms with Gasteiger partial charge in [-0.05, 0) is 66.0 Å². The summed E-state index contributed by atoms with van der Waals surface area (Å²) in [4.78, 5) is 55.6. The molecule has 236 valence electrons. The summed E-state index contributed by atoms with van der Waals surface area (Å²) >= 11 is 0. The lowest BCUT2D eigenvalue weighted by Crippen LogP contribution is -2.69.